The van der Waals surface area contributed by atoms with Crippen molar-refractivity contribution in [1.82, 2.24) is 14.8 Å². The first-order chi connectivity index (χ1) is 19.4. The van der Waals surface area contributed by atoms with Gasteiger partial charge in [-0.05, 0) is 79.4 Å². The summed E-state index contributed by atoms with van der Waals surface area (Å²) in [7, 11) is 2.18. The lowest BCUT2D eigenvalue weighted by atomic mass is 9.98. The Labute approximate surface area is 244 Å². The highest BCUT2D eigenvalue weighted by atomic mass is 35.5. The van der Waals surface area contributed by atoms with Crippen molar-refractivity contribution >= 4 is 51.3 Å². The molecule has 0 atom stereocenters. The van der Waals surface area contributed by atoms with Crippen LogP contribution in [0, 0.1) is 5.92 Å². The molecule has 40 heavy (non-hydrogen) atoms. The van der Waals surface area contributed by atoms with Crippen LogP contribution >= 0.6 is 23.2 Å². The van der Waals surface area contributed by atoms with Crippen LogP contribution in [0.4, 0.5) is 11.4 Å². The quantitative estimate of drug-likeness (QED) is 0.220. The van der Waals surface area contributed by atoms with E-state index in [4.69, 9.17) is 23.2 Å². The minimum atomic E-state index is -0.137. The molecule has 4 aromatic rings. The van der Waals surface area contributed by atoms with E-state index in [-0.39, 0.29) is 27.5 Å². The van der Waals surface area contributed by atoms with Crippen molar-refractivity contribution in [1.29, 1.82) is 0 Å². The molecule has 6 nitrogen and oxygen atoms in total. The number of halogens is 2. The van der Waals surface area contributed by atoms with Gasteiger partial charge in [0.25, 0.3) is 0 Å². The number of rotatable bonds is 8. The van der Waals surface area contributed by atoms with E-state index >= 15 is 0 Å². The number of anilines is 2. The molecule has 1 aromatic heterocycles. The number of ketones is 1. The molecule has 0 bridgehead atoms. The van der Waals surface area contributed by atoms with Crippen LogP contribution < -0.4 is 5.32 Å². The number of pyridine rings is 1. The van der Waals surface area contributed by atoms with Crippen LogP contribution in [0.5, 0.6) is 5.75 Å². The highest BCUT2D eigenvalue weighted by Crippen LogP contribution is 2.40. The Bertz CT molecular complexity index is 1560. The molecule has 1 aliphatic carbocycles. The van der Waals surface area contributed by atoms with Crippen LogP contribution in [0.1, 0.15) is 28.8 Å². The largest absolute Gasteiger partial charge is 0.505 e. The summed E-state index contributed by atoms with van der Waals surface area (Å²) in [6, 6.07) is 17.7. The van der Waals surface area contributed by atoms with E-state index in [1.54, 1.807) is 18.3 Å². The SMILES string of the molecule is CN1CCN(CCc2cccc(Nc3c(C(=O)C4CC4)cnc4ccc(-c5cc(Cl)c(O)c(Cl)c5)cc34)c2)CC1. The summed E-state index contributed by atoms with van der Waals surface area (Å²) < 4.78 is 0. The lowest BCUT2D eigenvalue weighted by molar-refractivity contribution is 0.0968. The predicted octanol–water partition coefficient (Wildman–Crippen LogP) is 7.04. The fraction of sp³-hybridized carbons (Fsp3) is 0.312. The molecule has 206 valence electrons. The molecule has 6 rings (SSSR count). The van der Waals surface area contributed by atoms with E-state index in [0.717, 1.165) is 85.4 Å². The maximum Gasteiger partial charge on any atom is 0.169 e. The molecule has 1 saturated carbocycles. The van der Waals surface area contributed by atoms with Gasteiger partial charge < -0.3 is 20.2 Å². The fourth-order valence-corrected chi connectivity index (χ4v) is 5.79. The molecule has 0 radical (unpaired) electrons. The van der Waals surface area contributed by atoms with E-state index in [0.29, 0.717) is 5.56 Å². The topological polar surface area (TPSA) is 68.7 Å². The maximum absolute atomic E-state index is 13.4. The van der Waals surface area contributed by atoms with Gasteiger partial charge in [0, 0.05) is 55.9 Å². The molecule has 2 fully saturated rings. The molecule has 3 aromatic carbocycles. The fourth-order valence-electron chi connectivity index (χ4n) is 5.30. The van der Waals surface area contributed by atoms with Gasteiger partial charge in [-0.25, -0.2) is 0 Å². The summed E-state index contributed by atoms with van der Waals surface area (Å²) in [4.78, 5) is 22.9. The molecule has 8 heteroatoms. The second-order valence-corrected chi connectivity index (χ2v) is 11.7. The Morgan fingerprint density at radius 2 is 1.75 bits per heavy atom. The van der Waals surface area contributed by atoms with Crippen LogP contribution in [0.3, 0.4) is 0 Å². The van der Waals surface area contributed by atoms with Gasteiger partial charge in [0.15, 0.2) is 11.5 Å². The minimum absolute atomic E-state index is 0.0626. The molecule has 0 spiro atoms. The molecule has 1 aliphatic heterocycles. The van der Waals surface area contributed by atoms with Gasteiger partial charge >= 0.3 is 0 Å². The Kier molecular flexibility index (Phi) is 7.69. The second kappa shape index (κ2) is 11.4. The number of piperazine rings is 1. The Morgan fingerprint density at radius 3 is 2.48 bits per heavy atom. The number of hydrogen-bond acceptors (Lipinski definition) is 6. The van der Waals surface area contributed by atoms with Crippen LogP contribution in [-0.2, 0) is 6.42 Å². The highest BCUT2D eigenvalue weighted by Gasteiger charge is 2.32. The van der Waals surface area contributed by atoms with Gasteiger partial charge in [0.2, 0.25) is 0 Å². The number of aromatic nitrogens is 1. The monoisotopic (exact) mass is 574 g/mol. The van der Waals surface area contributed by atoms with Crippen molar-refractivity contribution in [2.75, 3.05) is 45.1 Å². The van der Waals surface area contributed by atoms with Crippen LogP contribution in [0.15, 0.2) is 60.8 Å². The minimum Gasteiger partial charge on any atom is -0.505 e. The van der Waals surface area contributed by atoms with Gasteiger partial charge in [0.1, 0.15) is 0 Å². The number of carbonyl (C=O) groups is 1. The zero-order chi connectivity index (χ0) is 27.8. The van der Waals surface area contributed by atoms with Crippen molar-refractivity contribution in [2.45, 2.75) is 19.3 Å². The van der Waals surface area contributed by atoms with E-state index in [1.165, 1.54) is 5.56 Å². The summed E-state index contributed by atoms with van der Waals surface area (Å²) in [5.74, 6) is 0.0542. The Hall–Kier alpha value is -3.16. The first-order valence-corrected chi connectivity index (χ1v) is 14.5. The number of phenolic OH excluding ortho intramolecular Hbond substituents is 1. The molecule has 2 heterocycles. The van der Waals surface area contributed by atoms with E-state index in [2.05, 4.69) is 45.3 Å². The third-order valence-electron chi connectivity index (χ3n) is 7.94. The summed E-state index contributed by atoms with van der Waals surface area (Å²) in [5, 5.41) is 14.8. The van der Waals surface area contributed by atoms with Crippen molar-refractivity contribution in [2.24, 2.45) is 5.92 Å². The van der Waals surface area contributed by atoms with Crippen molar-refractivity contribution in [3.63, 3.8) is 0 Å². The number of fused-ring (bicyclic) bond motifs is 1. The van der Waals surface area contributed by atoms with Gasteiger partial charge in [-0.15, -0.1) is 0 Å². The molecule has 0 unspecified atom stereocenters. The summed E-state index contributed by atoms with van der Waals surface area (Å²) in [5.41, 5.74) is 5.97. The van der Waals surface area contributed by atoms with Crippen LogP contribution in [0.25, 0.3) is 22.0 Å². The summed E-state index contributed by atoms with van der Waals surface area (Å²) in [6.07, 6.45) is 4.51. The van der Waals surface area contributed by atoms with E-state index in [1.807, 2.05) is 24.3 Å². The van der Waals surface area contributed by atoms with E-state index < -0.39 is 0 Å². The lowest BCUT2D eigenvalue weighted by Gasteiger charge is -2.32. The average Bonchev–Trinajstić information content (AvgIpc) is 3.81. The van der Waals surface area contributed by atoms with Crippen LogP contribution in [-0.4, -0.2) is 65.4 Å². The molecule has 2 N–H and O–H groups in total. The number of nitrogens with one attached hydrogen (secondary N) is 1. The number of Topliss-reactive ketones (excluding diaryl/α,β-unsaturated/α-hetero) is 1. The number of nitrogens with zero attached hydrogens (tertiary/aromatic N) is 3. The Balaban J connectivity index is 1.34. The third kappa shape index (κ3) is 5.81. The molecular formula is C32H32Cl2N4O2. The van der Waals surface area contributed by atoms with Gasteiger partial charge in [-0.2, -0.15) is 0 Å². The summed E-state index contributed by atoms with van der Waals surface area (Å²) >= 11 is 12.4. The molecular weight excluding hydrogens is 543 g/mol. The number of phenols is 1. The number of hydrogen-bond donors (Lipinski definition) is 2. The number of aromatic hydroxyl groups is 1. The molecule has 2 aliphatic rings. The zero-order valence-corrected chi connectivity index (χ0v) is 24.0. The standard InChI is InChI=1S/C32H32Cl2N4O2/c1-37-11-13-38(14-12-37)10-9-20-3-2-4-24(15-20)36-30-25-16-22(23-17-27(33)32(40)28(34)18-23)7-8-29(25)35-19-26(30)31(39)21-5-6-21/h2-4,7-8,15-19,21,40H,5-6,9-14H2,1H3,(H,35,36). The van der Waals surface area contributed by atoms with Gasteiger partial charge in [0.05, 0.1) is 26.8 Å². The maximum atomic E-state index is 13.4. The molecule has 0 amide bonds. The third-order valence-corrected chi connectivity index (χ3v) is 8.52. The number of carbonyl (C=O) groups excluding carboxylic acids is 1. The Morgan fingerprint density at radius 1 is 1.00 bits per heavy atom. The lowest BCUT2D eigenvalue weighted by Crippen LogP contribution is -2.45. The summed E-state index contributed by atoms with van der Waals surface area (Å²) in [6.45, 7) is 5.45. The zero-order valence-electron chi connectivity index (χ0n) is 22.5. The van der Waals surface area contributed by atoms with Crippen molar-refractivity contribution in [3.05, 3.63) is 82.0 Å². The second-order valence-electron chi connectivity index (χ2n) is 10.9. The van der Waals surface area contributed by atoms with Gasteiger partial charge in [-0.1, -0.05) is 41.4 Å². The normalized spacial score (nSPS) is 16.4. The van der Waals surface area contributed by atoms with E-state index in [9.17, 15) is 9.90 Å². The van der Waals surface area contributed by atoms with Gasteiger partial charge in [-0.3, -0.25) is 9.78 Å². The first-order valence-electron chi connectivity index (χ1n) is 13.8. The van der Waals surface area contributed by atoms with Crippen LogP contribution in [0.2, 0.25) is 10.0 Å². The molecule has 1 saturated heterocycles. The highest BCUT2D eigenvalue weighted by molar-refractivity contribution is 6.37. The van der Waals surface area contributed by atoms with Crippen molar-refractivity contribution < 1.29 is 9.90 Å². The average molecular weight is 576 g/mol. The predicted molar refractivity (Wildman–Crippen MR) is 163 cm³/mol. The van der Waals surface area contributed by atoms with Crippen molar-refractivity contribution in [3.8, 4) is 16.9 Å². The first kappa shape index (κ1) is 27.0. The number of likely N-dealkylation sites (N-methyl/N-ethyl adjacent to an activating group) is 1. The number of benzene rings is 3. The smallest absolute Gasteiger partial charge is 0.169 e.